The largest absolute Gasteiger partial charge is 0.329 e. The second-order valence-corrected chi connectivity index (χ2v) is 9.08. The van der Waals surface area contributed by atoms with Gasteiger partial charge in [-0.25, -0.2) is 17.6 Å². The van der Waals surface area contributed by atoms with E-state index >= 15 is 0 Å². The maximum absolute atomic E-state index is 13.3. The summed E-state index contributed by atoms with van der Waals surface area (Å²) in [6, 6.07) is 10.1. The van der Waals surface area contributed by atoms with E-state index in [-0.39, 0.29) is 17.5 Å². The molecule has 2 aliphatic rings. The Morgan fingerprint density at radius 2 is 1.58 bits per heavy atom. The summed E-state index contributed by atoms with van der Waals surface area (Å²) < 4.78 is 37.9. The number of carbonyl (C=O) groups is 1. The molecule has 136 valence electrons. The Morgan fingerprint density at radius 1 is 0.962 bits per heavy atom. The van der Waals surface area contributed by atoms with Gasteiger partial charge >= 0.3 is 6.03 Å². The lowest BCUT2D eigenvalue weighted by Crippen LogP contribution is -2.38. The highest BCUT2D eigenvalue weighted by molar-refractivity contribution is 7.91. The molecule has 7 heteroatoms. The van der Waals surface area contributed by atoms with Crippen molar-refractivity contribution in [2.75, 3.05) is 21.3 Å². The lowest BCUT2D eigenvalue weighted by molar-refractivity contribution is 0.255. The van der Waals surface area contributed by atoms with Gasteiger partial charge in [0.05, 0.1) is 23.6 Å². The Balaban J connectivity index is 1.84. The third kappa shape index (κ3) is 2.58. The summed E-state index contributed by atoms with van der Waals surface area (Å²) in [4.78, 5) is 16.3. The number of amides is 2. The van der Waals surface area contributed by atoms with Crippen molar-refractivity contribution < 1.29 is 17.6 Å². The minimum absolute atomic E-state index is 0.0610. The van der Waals surface area contributed by atoms with E-state index in [0.717, 1.165) is 16.8 Å². The van der Waals surface area contributed by atoms with Crippen molar-refractivity contribution in [3.63, 3.8) is 0 Å². The Kier molecular flexibility index (Phi) is 3.80. The summed E-state index contributed by atoms with van der Waals surface area (Å²) in [5, 5.41) is 0. The molecular weight excluding hydrogens is 355 g/mol. The summed E-state index contributed by atoms with van der Waals surface area (Å²) in [7, 11) is -3.25. The first-order valence-corrected chi connectivity index (χ1v) is 10.3. The molecule has 0 unspecified atom stereocenters. The highest BCUT2D eigenvalue weighted by Gasteiger charge is 2.54. The van der Waals surface area contributed by atoms with Gasteiger partial charge in [0.25, 0.3) is 0 Å². The molecule has 0 aliphatic carbocycles. The number of carbonyl (C=O) groups excluding carboxylic acids is 1. The molecule has 2 amide bonds. The van der Waals surface area contributed by atoms with Crippen LogP contribution in [-0.4, -0.2) is 38.0 Å². The van der Waals surface area contributed by atoms with E-state index in [0.29, 0.717) is 5.69 Å². The minimum atomic E-state index is -3.25. The first-order chi connectivity index (χ1) is 12.3. The summed E-state index contributed by atoms with van der Waals surface area (Å²) in [5.41, 5.74) is 3.22. The topological polar surface area (TPSA) is 57.7 Å². The van der Waals surface area contributed by atoms with Crippen molar-refractivity contribution in [1.82, 2.24) is 0 Å². The maximum atomic E-state index is 13.3. The van der Waals surface area contributed by atoms with Crippen LogP contribution in [0.15, 0.2) is 42.5 Å². The van der Waals surface area contributed by atoms with Crippen LogP contribution in [0.4, 0.5) is 20.6 Å². The first kappa shape index (κ1) is 17.0. The molecule has 0 saturated carbocycles. The number of hydrogen-bond donors (Lipinski definition) is 0. The summed E-state index contributed by atoms with van der Waals surface area (Å²) in [6.45, 7) is 3.89. The number of nitrogens with zero attached hydrogens (tertiary/aromatic N) is 2. The van der Waals surface area contributed by atoms with E-state index in [2.05, 4.69) is 0 Å². The number of halogens is 1. The molecule has 26 heavy (non-hydrogen) atoms. The monoisotopic (exact) mass is 374 g/mol. The summed E-state index contributed by atoms with van der Waals surface area (Å²) >= 11 is 0. The van der Waals surface area contributed by atoms with Crippen LogP contribution in [0.25, 0.3) is 0 Å². The van der Waals surface area contributed by atoms with Gasteiger partial charge in [0.1, 0.15) is 5.82 Å². The lowest BCUT2D eigenvalue weighted by Gasteiger charge is -2.24. The smallest absolute Gasteiger partial charge is 0.288 e. The van der Waals surface area contributed by atoms with Crippen molar-refractivity contribution in [2.45, 2.75) is 25.9 Å². The van der Waals surface area contributed by atoms with E-state index in [1.165, 1.54) is 29.2 Å². The molecule has 2 fully saturated rings. The second kappa shape index (κ2) is 5.81. The average Bonchev–Trinajstić information content (AvgIpc) is 3.01. The van der Waals surface area contributed by atoms with Gasteiger partial charge in [-0.15, -0.1) is 0 Å². The Hall–Kier alpha value is -2.41. The molecule has 0 aromatic heterocycles. The number of aryl methyl sites for hydroxylation is 1. The molecule has 0 radical (unpaired) electrons. The van der Waals surface area contributed by atoms with Crippen molar-refractivity contribution in [3.8, 4) is 0 Å². The van der Waals surface area contributed by atoms with Gasteiger partial charge in [0.15, 0.2) is 9.84 Å². The standard InChI is InChI=1S/C19H19FN2O3S/c1-12-4-3-5-16(13(12)2)22-18-11-26(24,25)10-17(18)21(19(22)23)15-8-6-14(20)7-9-15/h3-9,17-18H,10-11H2,1-2H3/t17-,18+/m1/s1. The lowest BCUT2D eigenvalue weighted by atomic mass is 10.1. The summed E-state index contributed by atoms with van der Waals surface area (Å²) in [6.07, 6.45) is 0. The SMILES string of the molecule is Cc1cccc(N2C(=O)N(c3ccc(F)cc3)[C@@H]3CS(=O)(=O)C[C@@H]32)c1C. The highest BCUT2D eigenvalue weighted by atomic mass is 32.2. The molecule has 2 aromatic rings. The number of urea groups is 1. The number of benzene rings is 2. The van der Waals surface area contributed by atoms with Gasteiger partial charge in [-0.3, -0.25) is 9.80 Å². The summed E-state index contributed by atoms with van der Waals surface area (Å²) in [5.74, 6) is -0.543. The Bertz CT molecular complexity index is 988. The van der Waals surface area contributed by atoms with E-state index in [1.54, 1.807) is 4.90 Å². The molecule has 2 aromatic carbocycles. The quantitative estimate of drug-likeness (QED) is 0.759. The maximum Gasteiger partial charge on any atom is 0.329 e. The van der Waals surface area contributed by atoms with Gasteiger partial charge in [-0.05, 0) is 55.3 Å². The van der Waals surface area contributed by atoms with Gasteiger partial charge in [0.2, 0.25) is 0 Å². The second-order valence-electron chi connectivity index (χ2n) is 6.93. The van der Waals surface area contributed by atoms with Crippen LogP contribution in [0.5, 0.6) is 0 Å². The van der Waals surface area contributed by atoms with Crippen LogP contribution in [0, 0.1) is 19.7 Å². The molecule has 2 atom stereocenters. The van der Waals surface area contributed by atoms with E-state index in [4.69, 9.17) is 0 Å². The molecule has 0 N–H and O–H groups in total. The van der Waals surface area contributed by atoms with Crippen molar-refractivity contribution in [2.24, 2.45) is 0 Å². The fraction of sp³-hybridized carbons (Fsp3) is 0.316. The molecule has 0 spiro atoms. The fourth-order valence-corrected chi connectivity index (χ4v) is 5.80. The molecule has 4 rings (SSSR count). The van der Waals surface area contributed by atoms with Crippen LogP contribution in [0.1, 0.15) is 11.1 Å². The van der Waals surface area contributed by atoms with Crippen LogP contribution in [0.3, 0.4) is 0 Å². The fourth-order valence-electron chi connectivity index (χ4n) is 3.89. The van der Waals surface area contributed by atoms with Gasteiger partial charge in [-0.2, -0.15) is 0 Å². The average molecular weight is 374 g/mol. The molecule has 5 nitrogen and oxygen atoms in total. The molecule has 2 heterocycles. The van der Waals surface area contributed by atoms with Gasteiger partial charge in [0, 0.05) is 11.4 Å². The molecule has 2 saturated heterocycles. The van der Waals surface area contributed by atoms with Crippen molar-refractivity contribution in [1.29, 1.82) is 0 Å². The van der Waals surface area contributed by atoms with E-state index in [1.807, 2.05) is 32.0 Å². The van der Waals surface area contributed by atoms with Crippen LogP contribution >= 0.6 is 0 Å². The molecule has 0 bridgehead atoms. The zero-order valence-corrected chi connectivity index (χ0v) is 15.3. The number of rotatable bonds is 2. The van der Waals surface area contributed by atoms with Crippen LogP contribution < -0.4 is 9.80 Å². The Labute approximate surface area is 152 Å². The van der Waals surface area contributed by atoms with Crippen LogP contribution in [-0.2, 0) is 9.84 Å². The van der Waals surface area contributed by atoms with Gasteiger partial charge < -0.3 is 0 Å². The van der Waals surface area contributed by atoms with Crippen LogP contribution in [0.2, 0.25) is 0 Å². The van der Waals surface area contributed by atoms with Gasteiger partial charge in [-0.1, -0.05) is 12.1 Å². The number of fused-ring (bicyclic) bond motifs is 1. The third-order valence-corrected chi connectivity index (χ3v) is 7.01. The predicted octanol–water partition coefficient (Wildman–Crippen LogP) is 3.05. The highest BCUT2D eigenvalue weighted by Crippen LogP contribution is 2.39. The minimum Gasteiger partial charge on any atom is -0.288 e. The number of hydrogen-bond acceptors (Lipinski definition) is 3. The zero-order chi connectivity index (χ0) is 18.6. The van der Waals surface area contributed by atoms with Crippen molar-refractivity contribution in [3.05, 3.63) is 59.4 Å². The molecule has 2 aliphatic heterocycles. The number of anilines is 2. The molecular formula is C19H19FN2O3S. The predicted molar refractivity (Wildman–Crippen MR) is 98.9 cm³/mol. The van der Waals surface area contributed by atoms with Crippen molar-refractivity contribution >= 4 is 27.2 Å². The van der Waals surface area contributed by atoms with E-state index in [9.17, 15) is 17.6 Å². The third-order valence-electron chi connectivity index (χ3n) is 5.31. The first-order valence-electron chi connectivity index (χ1n) is 8.43. The normalized spacial score (nSPS) is 24.2. The zero-order valence-electron chi connectivity index (χ0n) is 14.5. The Morgan fingerprint density at radius 3 is 2.23 bits per heavy atom. The van der Waals surface area contributed by atoms with E-state index < -0.39 is 27.7 Å². The number of sulfone groups is 1.